The second-order valence-corrected chi connectivity index (χ2v) is 6.64. The average molecular weight is 312 g/mol. The number of pyridine rings is 1. The van der Waals surface area contributed by atoms with Crippen molar-refractivity contribution in [2.75, 3.05) is 19.6 Å². The number of nitrogens with zero attached hydrogens (tertiary/aromatic N) is 5. The molecule has 7 heteroatoms. The van der Waals surface area contributed by atoms with Crippen LogP contribution < -0.4 is 0 Å². The SMILES string of the molecule is CC(C)(F)CN1CCC(n2nnc3cc(Cl)ncc32)CC1. The van der Waals surface area contributed by atoms with Gasteiger partial charge in [0.05, 0.1) is 12.2 Å². The van der Waals surface area contributed by atoms with Crippen molar-refractivity contribution in [3.8, 4) is 0 Å². The molecule has 0 aliphatic carbocycles. The summed E-state index contributed by atoms with van der Waals surface area (Å²) in [6.45, 7) is 5.48. The molecule has 5 nitrogen and oxygen atoms in total. The van der Waals surface area contributed by atoms with Gasteiger partial charge in [-0.3, -0.25) is 0 Å². The molecular formula is C14H19ClFN5. The van der Waals surface area contributed by atoms with Crippen LogP contribution in [0.15, 0.2) is 12.3 Å². The molecule has 0 radical (unpaired) electrons. The number of fused-ring (bicyclic) bond motifs is 1. The molecule has 2 aromatic heterocycles. The van der Waals surface area contributed by atoms with Gasteiger partial charge in [-0.15, -0.1) is 5.10 Å². The molecule has 0 unspecified atom stereocenters. The van der Waals surface area contributed by atoms with E-state index in [4.69, 9.17) is 11.6 Å². The first-order valence-corrected chi connectivity index (χ1v) is 7.58. The van der Waals surface area contributed by atoms with Gasteiger partial charge in [0.15, 0.2) is 0 Å². The Hall–Kier alpha value is -1.27. The Labute approximate surface area is 128 Å². The predicted molar refractivity (Wildman–Crippen MR) is 80.2 cm³/mol. The molecule has 3 rings (SSSR count). The molecule has 2 aromatic rings. The standard InChI is InChI=1S/C14H19ClFN5/c1-14(2,16)9-20-5-3-10(4-6-20)21-12-8-17-13(15)7-11(12)18-19-21/h7-8,10H,3-6,9H2,1-2H3. The normalized spacial score (nSPS) is 18.5. The summed E-state index contributed by atoms with van der Waals surface area (Å²) in [4.78, 5) is 6.27. The van der Waals surface area contributed by atoms with Gasteiger partial charge in [-0.2, -0.15) is 0 Å². The van der Waals surface area contributed by atoms with Crippen LogP contribution in [-0.2, 0) is 0 Å². The third kappa shape index (κ3) is 3.32. The number of halogens is 2. The quantitative estimate of drug-likeness (QED) is 0.818. The first kappa shape index (κ1) is 14.7. The van der Waals surface area contributed by atoms with Crippen molar-refractivity contribution in [3.05, 3.63) is 17.4 Å². The summed E-state index contributed by atoms with van der Waals surface area (Å²) in [5.74, 6) is 0. The first-order valence-electron chi connectivity index (χ1n) is 7.20. The zero-order valence-corrected chi connectivity index (χ0v) is 13.0. The Morgan fingerprint density at radius 1 is 1.38 bits per heavy atom. The summed E-state index contributed by atoms with van der Waals surface area (Å²) in [5.41, 5.74) is 0.527. The summed E-state index contributed by atoms with van der Waals surface area (Å²) in [6, 6.07) is 2.01. The fourth-order valence-corrected chi connectivity index (χ4v) is 3.09. The van der Waals surface area contributed by atoms with Crippen molar-refractivity contribution < 1.29 is 4.39 Å². The predicted octanol–water partition coefficient (Wildman–Crippen LogP) is 2.86. The molecule has 1 fully saturated rings. The maximum Gasteiger partial charge on any atom is 0.131 e. The molecule has 0 aromatic carbocycles. The van der Waals surface area contributed by atoms with E-state index in [-0.39, 0.29) is 6.04 Å². The Bertz CT molecular complexity index is 628. The Morgan fingerprint density at radius 3 is 2.76 bits per heavy atom. The largest absolute Gasteiger partial charge is 0.300 e. The Balaban J connectivity index is 1.71. The Kier molecular flexibility index (Phi) is 3.84. The van der Waals surface area contributed by atoms with Gasteiger partial charge in [-0.25, -0.2) is 14.1 Å². The molecule has 114 valence electrons. The van der Waals surface area contributed by atoms with Crippen molar-refractivity contribution in [1.82, 2.24) is 24.9 Å². The van der Waals surface area contributed by atoms with Crippen LogP contribution in [0.3, 0.4) is 0 Å². The number of aromatic nitrogens is 4. The van der Waals surface area contributed by atoms with E-state index in [0.717, 1.165) is 37.0 Å². The topological polar surface area (TPSA) is 46.8 Å². The van der Waals surface area contributed by atoms with E-state index in [0.29, 0.717) is 11.7 Å². The van der Waals surface area contributed by atoms with Crippen molar-refractivity contribution in [2.45, 2.75) is 38.4 Å². The molecule has 1 saturated heterocycles. The highest BCUT2D eigenvalue weighted by Gasteiger charge is 2.27. The van der Waals surface area contributed by atoms with Crippen LogP contribution in [0.1, 0.15) is 32.7 Å². The lowest BCUT2D eigenvalue weighted by Gasteiger charge is -2.34. The van der Waals surface area contributed by atoms with Gasteiger partial charge in [0.2, 0.25) is 0 Å². The highest BCUT2D eigenvalue weighted by Crippen LogP contribution is 2.26. The summed E-state index contributed by atoms with van der Waals surface area (Å²) >= 11 is 5.86. The molecule has 1 aliphatic rings. The van der Waals surface area contributed by atoms with Crippen LogP contribution in [0.4, 0.5) is 4.39 Å². The van der Waals surface area contributed by atoms with Crippen LogP contribution in [0, 0.1) is 0 Å². The lowest BCUT2D eigenvalue weighted by Crippen LogP contribution is -2.41. The molecular weight excluding hydrogens is 293 g/mol. The summed E-state index contributed by atoms with van der Waals surface area (Å²) in [5, 5.41) is 8.81. The van der Waals surface area contributed by atoms with E-state index in [2.05, 4.69) is 20.2 Å². The lowest BCUT2D eigenvalue weighted by atomic mass is 10.0. The average Bonchev–Trinajstić information content (AvgIpc) is 2.80. The minimum absolute atomic E-state index is 0.289. The van der Waals surface area contributed by atoms with Crippen LogP contribution in [0.2, 0.25) is 5.15 Å². The third-order valence-electron chi connectivity index (χ3n) is 3.83. The molecule has 0 atom stereocenters. The van der Waals surface area contributed by atoms with E-state index < -0.39 is 5.67 Å². The molecule has 21 heavy (non-hydrogen) atoms. The van der Waals surface area contributed by atoms with Gasteiger partial charge in [-0.05, 0) is 26.7 Å². The second-order valence-electron chi connectivity index (χ2n) is 6.26. The van der Waals surface area contributed by atoms with Crippen molar-refractivity contribution >= 4 is 22.6 Å². The summed E-state index contributed by atoms with van der Waals surface area (Å²) in [7, 11) is 0. The number of alkyl halides is 1. The fraction of sp³-hybridized carbons (Fsp3) is 0.643. The first-order chi connectivity index (χ1) is 9.92. The maximum absolute atomic E-state index is 13.7. The smallest absolute Gasteiger partial charge is 0.131 e. The van der Waals surface area contributed by atoms with Crippen LogP contribution >= 0.6 is 11.6 Å². The molecule has 0 bridgehead atoms. The van der Waals surface area contributed by atoms with Gasteiger partial charge >= 0.3 is 0 Å². The number of rotatable bonds is 3. The third-order valence-corrected chi connectivity index (χ3v) is 4.03. The molecule has 0 spiro atoms. The highest BCUT2D eigenvalue weighted by molar-refractivity contribution is 6.29. The lowest BCUT2D eigenvalue weighted by molar-refractivity contribution is 0.0957. The Morgan fingerprint density at radius 2 is 2.10 bits per heavy atom. The molecule has 1 aliphatic heterocycles. The van der Waals surface area contributed by atoms with Crippen LogP contribution in [0.25, 0.3) is 11.0 Å². The zero-order valence-electron chi connectivity index (χ0n) is 12.3. The molecule has 3 heterocycles. The number of hydrogen-bond acceptors (Lipinski definition) is 4. The van der Waals surface area contributed by atoms with Gasteiger partial charge < -0.3 is 4.90 Å². The van der Waals surface area contributed by atoms with E-state index in [1.165, 1.54) is 0 Å². The minimum atomic E-state index is -1.15. The van der Waals surface area contributed by atoms with E-state index in [1.807, 2.05) is 4.68 Å². The van der Waals surface area contributed by atoms with Crippen LogP contribution in [-0.4, -0.2) is 50.2 Å². The highest BCUT2D eigenvalue weighted by atomic mass is 35.5. The summed E-state index contributed by atoms with van der Waals surface area (Å²) in [6.07, 6.45) is 3.60. The van der Waals surface area contributed by atoms with Gasteiger partial charge in [0.25, 0.3) is 0 Å². The monoisotopic (exact) mass is 311 g/mol. The van der Waals surface area contributed by atoms with E-state index in [9.17, 15) is 4.39 Å². The number of likely N-dealkylation sites (tertiary alicyclic amines) is 1. The van der Waals surface area contributed by atoms with Crippen molar-refractivity contribution in [2.24, 2.45) is 0 Å². The molecule has 0 amide bonds. The van der Waals surface area contributed by atoms with Gasteiger partial charge in [0, 0.05) is 25.7 Å². The van der Waals surface area contributed by atoms with Gasteiger partial charge in [0.1, 0.15) is 21.9 Å². The van der Waals surface area contributed by atoms with Crippen molar-refractivity contribution in [3.63, 3.8) is 0 Å². The van der Waals surface area contributed by atoms with E-state index in [1.54, 1.807) is 26.1 Å². The maximum atomic E-state index is 13.7. The zero-order chi connectivity index (χ0) is 15.0. The van der Waals surface area contributed by atoms with Crippen molar-refractivity contribution in [1.29, 1.82) is 0 Å². The van der Waals surface area contributed by atoms with E-state index >= 15 is 0 Å². The fourth-order valence-electron chi connectivity index (χ4n) is 2.94. The summed E-state index contributed by atoms with van der Waals surface area (Å²) < 4.78 is 15.6. The second kappa shape index (κ2) is 5.50. The van der Waals surface area contributed by atoms with Gasteiger partial charge in [-0.1, -0.05) is 16.8 Å². The molecule has 0 N–H and O–H groups in total. The van der Waals surface area contributed by atoms with Crippen LogP contribution in [0.5, 0.6) is 0 Å². The number of hydrogen-bond donors (Lipinski definition) is 0. The molecule has 0 saturated carbocycles. The minimum Gasteiger partial charge on any atom is -0.300 e. The number of piperidine rings is 1.